The van der Waals surface area contributed by atoms with Crippen LogP contribution in [-0.2, 0) is 6.18 Å². The molecule has 1 rings (SSSR count). The van der Waals surface area contributed by atoms with Gasteiger partial charge in [-0.3, -0.25) is 0 Å². The van der Waals surface area contributed by atoms with Crippen LogP contribution in [0.4, 0.5) is 13.2 Å². The Hall–Kier alpha value is -1.29. The molecule has 16 heavy (non-hydrogen) atoms. The van der Waals surface area contributed by atoms with Crippen molar-refractivity contribution in [2.24, 2.45) is 0 Å². The number of likely N-dealkylation sites (N-methyl/N-ethyl adjacent to an activating group) is 1. The van der Waals surface area contributed by atoms with Gasteiger partial charge in [-0.05, 0) is 31.7 Å². The number of benzene rings is 1. The Morgan fingerprint density at radius 2 is 1.94 bits per heavy atom. The first-order valence-corrected chi connectivity index (χ1v) is 4.87. The van der Waals surface area contributed by atoms with Crippen molar-refractivity contribution in [3.8, 4) is 0 Å². The third kappa shape index (κ3) is 2.85. The molecule has 0 saturated carbocycles. The number of nitrogens with one attached hydrogen (secondary N) is 1. The molecule has 4 heteroatoms. The van der Waals surface area contributed by atoms with Gasteiger partial charge in [0.15, 0.2) is 0 Å². The number of rotatable bonds is 3. The van der Waals surface area contributed by atoms with Crippen LogP contribution in [0.2, 0.25) is 0 Å². The molecule has 1 atom stereocenters. The maximum absolute atomic E-state index is 12.6. The van der Waals surface area contributed by atoms with Crippen LogP contribution in [0.3, 0.4) is 0 Å². The zero-order chi connectivity index (χ0) is 12.3. The van der Waals surface area contributed by atoms with Gasteiger partial charge in [-0.2, -0.15) is 13.2 Å². The average Bonchev–Trinajstić information content (AvgIpc) is 2.17. The SMILES string of the molecule is C=CC(NC)c1cc(C)cc(C(F)(F)F)c1. The Bertz CT molecular complexity index is 382. The lowest BCUT2D eigenvalue weighted by Gasteiger charge is -2.15. The van der Waals surface area contributed by atoms with Crippen LogP contribution >= 0.6 is 0 Å². The third-order valence-electron chi connectivity index (χ3n) is 2.33. The van der Waals surface area contributed by atoms with Gasteiger partial charge in [-0.1, -0.05) is 17.7 Å². The highest BCUT2D eigenvalue weighted by Crippen LogP contribution is 2.31. The number of hydrogen-bond acceptors (Lipinski definition) is 1. The van der Waals surface area contributed by atoms with E-state index in [2.05, 4.69) is 11.9 Å². The highest BCUT2D eigenvalue weighted by molar-refractivity contribution is 5.34. The molecule has 0 aliphatic rings. The molecular weight excluding hydrogens is 215 g/mol. The summed E-state index contributed by atoms with van der Waals surface area (Å²) >= 11 is 0. The van der Waals surface area contributed by atoms with Gasteiger partial charge in [0.2, 0.25) is 0 Å². The zero-order valence-corrected chi connectivity index (χ0v) is 9.23. The average molecular weight is 229 g/mol. The molecule has 1 nitrogen and oxygen atoms in total. The molecule has 0 radical (unpaired) electrons. The smallest absolute Gasteiger partial charge is 0.310 e. The van der Waals surface area contributed by atoms with E-state index in [-0.39, 0.29) is 6.04 Å². The lowest BCUT2D eigenvalue weighted by Crippen LogP contribution is -2.15. The summed E-state index contributed by atoms with van der Waals surface area (Å²) < 4.78 is 37.7. The van der Waals surface area contributed by atoms with Crippen LogP contribution in [0.15, 0.2) is 30.9 Å². The Morgan fingerprint density at radius 3 is 2.38 bits per heavy atom. The van der Waals surface area contributed by atoms with Crippen LogP contribution < -0.4 is 5.32 Å². The van der Waals surface area contributed by atoms with Gasteiger partial charge in [-0.15, -0.1) is 6.58 Å². The molecule has 0 bridgehead atoms. The number of alkyl halides is 3. The number of halogens is 3. The van der Waals surface area contributed by atoms with Gasteiger partial charge in [0.1, 0.15) is 0 Å². The van der Waals surface area contributed by atoms with Crippen molar-refractivity contribution in [3.05, 3.63) is 47.5 Å². The summed E-state index contributed by atoms with van der Waals surface area (Å²) in [6.45, 7) is 5.23. The number of hydrogen-bond donors (Lipinski definition) is 1. The summed E-state index contributed by atoms with van der Waals surface area (Å²) in [6.07, 6.45) is -2.73. The van der Waals surface area contributed by atoms with Crippen molar-refractivity contribution in [2.45, 2.75) is 19.1 Å². The molecule has 0 saturated heterocycles. The third-order valence-corrected chi connectivity index (χ3v) is 2.33. The summed E-state index contributed by atoms with van der Waals surface area (Å²) in [5, 5.41) is 2.89. The molecule has 88 valence electrons. The number of aryl methyl sites for hydroxylation is 1. The quantitative estimate of drug-likeness (QED) is 0.783. The van der Waals surface area contributed by atoms with E-state index in [1.54, 1.807) is 26.1 Å². The standard InChI is InChI=1S/C12H14F3N/c1-4-11(16-3)9-5-8(2)6-10(7-9)12(13,14)15/h4-7,11,16H,1H2,2-3H3. The van der Waals surface area contributed by atoms with Crippen molar-refractivity contribution in [3.63, 3.8) is 0 Å². The van der Waals surface area contributed by atoms with Gasteiger partial charge in [0, 0.05) is 0 Å². The van der Waals surface area contributed by atoms with Crippen LogP contribution in [0.1, 0.15) is 22.7 Å². The predicted octanol–water partition coefficient (Wildman–Crippen LogP) is 3.46. The van der Waals surface area contributed by atoms with E-state index in [0.29, 0.717) is 11.1 Å². The molecule has 0 amide bonds. The molecule has 0 aromatic heterocycles. The first-order valence-electron chi connectivity index (χ1n) is 4.87. The van der Waals surface area contributed by atoms with Gasteiger partial charge < -0.3 is 5.32 Å². The highest BCUT2D eigenvalue weighted by atomic mass is 19.4. The van der Waals surface area contributed by atoms with Gasteiger partial charge >= 0.3 is 6.18 Å². The maximum atomic E-state index is 12.6. The fourth-order valence-electron chi connectivity index (χ4n) is 1.58. The molecule has 0 spiro atoms. The fraction of sp³-hybridized carbons (Fsp3) is 0.333. The second-order valence-corrected chi connectivity index (χ2v) is 3.63. The Morgan fingerprint density at radius 1 is 1.31 bits per heavy atom. The summed E-state index contributed by atoms with van der Waals surface area (Å²) in [5.74, 6) is 0. The Kier molecular flexibility index (Phi) is 3.75. The molecule has 1 aromatic carbocycles. The van der Waals surface area contributed by atoms with Gasteiger partial charge in [0.25, 0.3) is 0 Å². The minimum absolute atomic E-state index is 0.263. The Balaban J connectivity index is 3.22. The molecule has 0 fully saturated rings. The van der Waals surface area contributed by atoms with E-state index >= 15 is 0 Å². The molecule has 0 aliphatic carbocycles. The highest BCUT2D eigenvalue weighted by Gasteiger charge is 2.31. The monoisotopic (exact) mass is 229 g/mol. The molecule has 0 heterocycles. The summed E-state index contributed by atoms with van der Waals surface area (Å²) in [6, 6.07) is 3.74. The minimum atomic E-state index is -4.31. The van der Waals surface area contributed by atoms with Crippen molar-refractivity contribution < 1.29 is 13.2 Å². The van der Waals surface area contributed by atoms with E-state index in [1.807, 2.05) is 0 Å². The van der Waals surface area contributed by atoms with Gasteiger partial charge in [0.05, 0.1) is 11.6 Å². The van der Waals surface area contributed by atoms with Crippen LogP contribution in [0.5, 0.6) is 0 Å². The molecule has 1 aromatic rings. The van der Waals surface area contributed by atoms with Crippen molar-refractivity contribution >= 4 is 0 Å². The van der Waals surface area contributed by atoms with Gasteiger partial charge in [-0.25, -0.2) is 0 Å². The summed E-state index contributed by atoms with van der Waals surface area (Å²) in [4.78, 5) is 0. The fourth-order valence-corrected chi connectivity index (χ4v) is 1.58. The van der Waals surface area contributed by atoms with Crippen molar-refractivity contribution in [2.75, 3.05) is 7.05 Å². The van der Waals surface area contributed by atoms with E-state index in [1.165, 1.54) is 0 Å². The normalized spacial score (nSPS) is 13.6. The topological polar surface area (TPSA) is 12.0 Å². The molecule has 1 N–H and O–H groups in total. The van der Waals surface area contributed by atoms with E-state index in [4.69, 9.17) is 0 Å². The van der Waals surface area contributed by atoms with Crippen molar-refractivity contribution in [1.82, 2.24) is 5.32 Å². The lowest BCUT2D eigenvalue weighted by atomic mass is 10.0. The second-order valence-electron chi connectivity index (χ2n) is 3.63. The first kappa shape index (κ1) is 12.8. The van der Waals surface area contributed by atoms with E-state index < -0.39 is 11.7 Å². The first-order chi connectivity index (χ1) is 7.38. The molecule has 1 unspecified atom stereocenters. The predicted molar refractivity (Wildman–Crippen MR) is 58.2 cm³/mol. The van der Waals surface area contributed by atoms with Crippen LogP contribution in [0.25, 0.3) is 0 Å². The lowest BCUT2D eigenvalue weighted by molar-refractivity contribution is -0.137. The van der Waals surface area contributed by atoms with E-state index in [9.17, 15) is 13.2 Å². The minimum Gasteiger partial charge on any atom is -0.310 e. The summed E-state index contributed by atoms with van der Waals surface area (Å²) in [7, 11) is 1.68. The second kappa shape index (κ2) is 4.70. The zero-order valence-electron chi connectivity index (χ0n) is 9.23. The largest absolute Gasteiger partial charge is 0.416 e. The molecular formula is C12H14F3N. The maximum Gasteiger partial charge on any atom is 0.416 e. The molecule has 0 aliphatic heterocycles. The van der Waals surface area contributed by atoms with Crippen molar-refractivity contribution in [1.29, 1.82) is 0 Å². The van der Waals surface area contributed by atoms with E-state index in [0.717, 1.165) is 12.1 Å². The van der Waals surface area contributed by atoms with Crippen LogP contribution in [0, 0.1) is 6.92 Å². The van der Waals surface area contributed by atoms with Crippen LogP contribution in [-0.4, -0.2) is 7.05 Å². The Labute approximate surface area is 93.0 Å². The summed E-state index contributed by atoms with van der Waals surface area (Å²) in [5.41, 5.74) is 0.543.